The average molecular weight is 447 g/mol. The first-order valence-electron chi connectivity index (χ1n) is 10.4. The van der Waals surface area contributed by atoms with Crippen molar-refractivity contribution in [3.05, 3.63) is 76.0 Å². The summed E-state index contributed by atoms with van der Waals surface area (Å²) in [6, 6.07) is 11.4. The fraction of sp³-hybridized carbons (Fsp3) is 0.261. The zero-order valence-corrected chi connectivity index (χ0v) is 18.6. The molecule has 0 radical (unpaired) electrons. The minimum absolute atomic E-state index is 0.143. The zero-order valence-electron chi connectivity index (χ0n) is 17.8. The number of thioether (sulfide) groups is 1. The molecule has 1 aliphatic rings. The molecule has 1 N–H and O–H groups in total. The van der Waals surface area contributed by atoms with Crippen LogP contribution in [0.25, 0.3) is 16.6 Å². The summed E-state index contributed by atoms with van der Waals surface area (Å²) in [6.45, 7) is 4.54. The van der Waals surface area contributed by atoms with E-state index in [1.807, 2.05) is 50.2 Å². The Morgan fingerprint density at radius 2 is 2.00 bits per heavy atom. The van der Waals surface area contributed by atoms with Crippen molar-refractivity contribution in [3.63, 3.8) is 0 Å². The van der Waals surface area contributed by atoms with Crippen LogP contribution in [0.15, 0.2) is 58.6 Å². The fourth-order valence-electron chi connectivity index (χ4n) is 3.86. The fourth-order valence-corrected chi connectivity index (χ4v) is 4.90. The summed E-state index contributed by atoms with van der Waals surface area (Å²) < 4.78 is 3.07. The van der Waals surface area contributed by atoms with Crippen molar-refractivity contribution >= 4 is 39.3 Å². The number of hydrogen-bond donors (Lipinski definition) is 1. The summed E-state index contributed by atoms with van der Waals surface area (Å²) in [7, 11) is 0. The van der Waals surface area contributed by atoms with E-state index in [1.165, 1.54) is 4.68 Å². The molecule has 1 aliphatic heterocycles. The number of benzene rings is 1. The highest BCUT2D eigenvalue weighted by Crippen LogP contribution is 2.23. The zero-order chi connectivity index (χ0) is 22.2. The van der Waals surface area contributed by atoms with E-state index >= 15 is 0 Å². The number of aromatic nitrogens is 4. The lowest BCUT2D eigenvalue weighted by atomic mass is 10.1. The largest absolute Gasteiger partial charge is 0.352 e. The highest BCUT2D eigenvalue weighted by molar-refractivity contribution is 8.14. The Morgan fingerprint density at radius 3 is 2.81 bits per heavy atom. The normalized spacial score (nSPS) is 15.9. The van der Waals surface area contributed by atoms with Crippen molar-refractivity contribution in [1.29, 1.82) is 0 Å². The predicted octanol–water partition coefficient (Wildman–Crippen LogP) is 2.34. The average Bonchev–Trinajstić information content (AvgIpc) is 3.41. The Balaban J connectivity index is 1.31. The van der Waals surface area contributed by atoms with Crippen molar-refractivity contribution in [2.75, 3.05) is 12.3 Å². The molecule has 1 amide bonds. The van der Waals surface area contributed by atoms with Gasteiger partial charge in [-0.05, 0) is 54.6 Å². The number of aliphatic imine (C=N–C) groups is 1. The van der Waals surface area contributed by atoms with Gasteiger partial charge in [0.25, 0.3) is 0 Å². The van der Waals surface area contributed by atoms with Crippen molar-refractivity contribution in [3.8, 4) is 0 Å². The van der Waals surface area contributed by atoms with Crippen LogP contribution in [-0.4, -0.2) is 48.5 Å². The van der Waals surface area contributed by atoms with Gasteiger partial charge in [0.1, 0.15) is 6.04 Å². The summed E-state index contributed by atoms with van der Waals surface area (Å²) >= 11 is 1.56. The Kier molecular flexibility index (Phi) is 5.26. The minimum atomic E-state index is -0.435. The number of nitrogens with zero attached hydrogens (tertiary/aromatic N) is 5. The molecule has 9 heteroatoms. The number of carbonyl (C=O) groups is 1. The lowest BCUT2D eigenvalue weighted by molar-refractivity contribution is -0.121. The summed E-state index contributed by atoms with van der Waals surface area (Å²) in [5.41, 5.74) is 4.25. The van der Waals surface area contributed by atoms with Crippen LogP contribution in [0.4, 0.5) is 0 Å². The van der Waals surface area contributed by atoms with E-state index in [9.17, 15) is 9.59 Å². The molecule has 1 aromatic carbocycles. The number of aryl methyl sites for hydroxylation is 2. The van der Waals surface area contributed by atoms with Gasteiger partial charge in [0, 0.05) is 30.3 Å². The molecular weight excluding hydrogens is 424 g/mol. The molecule has 1 atom stereocenters. The van der Waals surface area contributed by atoms with E-state index in [4.69, 9.17) is 0 Å². The third kappa shape index (κ3) is 3.69. The van der Waals surface area contributed by atoms with Gasteiger partial charge >= 0.3 is 5.69 Å². The van der Waals surface area contributed by atoms with Crippen LogP contribution < -0.4 is 11.0 Å². The Hall–Kier alpha value is -3.46. The van der Waals surface area contributed by atoms with Crippen LogP contribution in [0.1, 0.15) is 16.7 Å². The van der Waals surface area contributed by atoms with Gasteiger partial charge < -0.3 is 5.32 Å². The molecule has 32 heavy (non-hydrogen) atoms. The molecular formula is C23H22N6O2S. The van der Waals surface area contributed by atoms with E-state index in [2.05, 4.69) is 20.4 Å². The monoisotopic (exact) mass is 446 g/mol. The molecule has 0 bridgehead atoms. The molecule has 0 unspecified atom stereocenters. The molecule has 162 valence electrons. The van der Waals surface area contributed by atoms with E-state index in [0.29, 0.717) is 24.5 Å². The maximum atomic E-state index is 13.1. The van der Waals surface area contributed by atoms with Gasteiger partial charge in [-0.1, -0.05) is 12.1 Å². The number of amides is 1. The second-order valence-electron chi connectivity index (χ2n) is 7.84. The number of fused-ring (bicyclic) bond motifs is 3. The molecule has 0 saturated carbocycles. The molecule has 5 rings (SSSR count). The lowest BCUT2D eigenvalue weighted by Crippen LogP contribution is -2.37. The van der Waals surface area contributed by atoms with Crippen LogP contribution in [-0.2, 0) is 11.3 Å². The van der Waals surface area contributed by atoms with Crippen LogP contribution in [0.5, 0.6) is 0 Å². The molecule has 0 aliphatic carbocycles. The summed E-state index contributed by atoms with van der Waals surface area (Å²) in [5.74, 6) is 0.457. The highest BCUT2D eigenvalue weighted by Gasteiger charge is 2.25. The number of hydrogen-bond acceptors (Lipinski definition) is 6. The van der Waals surface area contributed by atoms with Gasteiger partial charge in [-0.2, -0.15) is 0 Å². The number of rotatable bonds is 5. The third-order valence-corrected chi connectivity index (χ3v) is 6.59. The number of nitrogens with one attached hydrogen (secondary N) is 1. The predicted molar refractivity (Wildman–Crippen MR) is 126 cm³/mol. The second kappa shape index (κ2) is 8.23. The molecule has 0 fully saturated rings. The van der Waals surface area contributed by atoms with Gasteiger partial charge in [0.05, 0.1) is 17.1 Å². The van der Waals surface area contributed by atoms with Crippen LogP contribution in [0, 0.1) is 13.8 Å². The maximum absolute atomic E-state index is 13.1. The Labute approximate surface area is 188 Å². The topological polar surface area (TPSA) is 93.7 Å². The van der Waals surface area contributed by atoms with Gasteiger partial charge in [-0.15, -0.1) is 16.9 Å². The van der Waals surface area contributed by atoms with Gasteiger partial charge in [0.15, 0.2) is 5.65 Å². The molecule has 0 spiro atoms. The first kappa shape index (κ1) is 20.4. The van der Waals surface area contributed by atoms with Gasteiger partial charge in [0.2, 0.25) is 5.91 Å². The summed E-state index contributed by atoms with van der Waals surface area (Å²) in [4.78, 5) is 34.2. The summed E-state index contributed by atoms with van der Waals surface area (Å²) in [5, 5.41) is 9.26. The molecule has 4 aromatic rings. The first-order chi connectivity index (χ1) is 15.5. The van der Waals surface area contributed by atoms with Crippen LogP contribution >= 0.6 is 11.8 Å². The third-order valence-electron chi connectivity index (χ3n) is 5.49. The van der Waals surface area contributed by atoms with E-state index in [-0.39, 0.29) is 11.6 Å². The second-order valence-corrected chi connectivity index (χ2v) is 8.85. The molecule has 3 aromatic heterocycles. The lowest BCUT2D eigenvalue weighted by Gasteiger charge is -2.07. The van der Waals surface area contributed by atoms with Crippen LogP contribution in [0.3, 0.4) is 0 Å². The van der Waals surface area contributed by atoms with Crippen molar-refractivity contribution in [2.24, 2.45) is 4.99 Å². The summed E-state index contributed by atoms with van der Waals surface area (Å²) in [6.07, 6.45) is 3.43. The standard InChI is InChI=1S/C23H22N6O2S/c1-14-3-4-17-12-15(2)20-27-28(23(31)29(20)19(17)11-14)10-9-25-21(30)18-13-32-22(26-18)16-5-7-24-8-6-16/h3-8,11-12,18H,9-10,13H2,1-2H3,(H,25,30)/t18-/m0/s1. The van der Waals surface area contributed by atoms with E-state index in [0.717, 1.165) is 32.6 Å². The Bertz CT molecular complexity index is 1420. The maximum Gasteiger partial charge on any atom is 0.350 e. The van der Waals surface area contributed by atoms with Crippen molar-refractivity contribution < 1.29 is 4.79 Å². The number of carbonyl (C=O) groups excluding carboxylic acids is 1. The molecule has 4 heterocycles. The number of pyridine rings is 2. The van der Waals surface area contributed by atoms with Crippen molar-refractivity contribution in [1.82, 2.24) is 24.5 Å². The highest BCUT2D eigenvalue weighted by atomic mass is 32.2. The van der Waals surface area contributed by atoms with Gasteiger partial charge in [-0.25, -0.2) is 13.9 Å². The molecule has 0 saturated heterocycles. The van der Waals surface area contributed by atoms with E-state index in [1.54, 1.807) is 28.6 Å². The molecule has 8 nitrogen and oxygen atoms in total. The minimum Gasteiger partial charge on any atom is -0.352 e. The SMILES string of the molecule is Cc1ccc2cc(C)c3nn(CCNC(=O)[C@@H]4CSC(c5ccncc5)=N4)c(=O)n3c2c1. The first-order valence-corrected chi connectivity index (χ1v) is 11.4. The Morgan fingerprint density at radius 1 is 1.19 bits per heavy atom. The van der Waals surface area contributed by atoms with E-state index < -0.39 is 6.04 Å². The van der Waals surface area contributed by atoms with Gasteiger partial charge in [-0.3, -0.25) is 14.8 Å². The van der Waals surface area contributed by atoms with Crippen LogP contribution in [0.2, 0.25) is 0 Å². The van der Waals surface area contributed by atoms with Crippen molar-refractivity contribution in [2.45, 2.75) is 26.4 Å². The smallest absolute Gasteiger partial charge is 0.350 e. The quantitative estimate of drug-likeness (QED) is 0.508.